The maximum Gasteiger partial charge on any atom is 0.306 e. The van der Waals surface area contributed by atoms with Crippen molar-refractivity contribution in [3.05, 3.63) is 45.6 Å². The molecule has 0 atom stereocenters. The Hall–Kier alpha value is -2.05. The monoisotopic (exact) mass is 353 g/mol. The van der Waals surface area contributed by atoms with Crippen LogP contribution in [-0.2, 0) is 20.7 Å². The van der Waals surface area contributed by atoms with Gasteiger partial charge in [-0.15, -0.1) is 11.3 Å². The number of ether oxygens (including phenoxy) is 2. The largest absolute Gasteiger partial charge is 0.495 e. The molecule has 1 heterocycles. The highest BCUT2D eigenvalue weighted by Crippen LogP contribution is 2.27. The fourth-order valence-corrected chi connectivity index (χ4v) is 2.74. The van der Waals surface area contributed by atoms with Crippen molar-refractivity contribution in [2.24, 2.45) is 0 Å². The summed E-state index contributed by atoms with van der Waals surface area (Å²) in [7, 11) is 1.49. The summed E-state index contributed by atoms with van der Waals surface area (Å²) in [5, 5.41) is 5.02. The number of carbonyl (C=O) groups is 2. The van der Waals surface area contributed by atoms with Gasteiger partial charge in [-0.25, -0.2) is 0 Å². The highest BCUT2D eigenvalue weighted by Gasteiger charge is 2.11. The third kappa shape index (κ3) is 5.58. The van der Waals surface area contributed by atoms with E-state index in [0.29, 0.717) is 22.9 Å². The van der Waals surface area contributed by atoms with Crippen molar-refractivity contribution in [3.63, 3.8) is 0 Å². The Morgan fingerprint density at radius 1 is 1.30 bits per heavy atom. The molecular weight excluding hydrogens is 338 g/mol. The van der Waals surface area contributed by atoms with Gasteiger partial charge < -0.3 is 14.8 Å². The van der Waals surface area contributed by atoms with Crippen LogP contribution in [0.4, 0.5) is 5.69 Å². The van der Waals surface area contributed by atoms with E-state index in [1.807, 2.05) is 17.5 Å². The molecule has 2 aromatic rings. The molecule has 0 aliphatic heterocycles. The maximum atomic E-state index is 11.8. The third-order valence-corrected chi connectivity index (χ3v) is 4.13. The van der Waals surface area contributed by atoms with Crippen LogP contribution in [0.3, 0.4) is 0 Å². The summed E-state index contributed by atoms with van der Waals surface area (Å²) < 4.78 is 10.1. The van der Waals surface area contributed by atoms with Gasteiger partial charge in [0.05, 0.1) is 19.2 Å². The van der Waals surface area contributed by atoms with E-state index in [2.05, 4.69) is 5.32 Å². The fraction of sp³-hybridized carbons (Fsp3) is 0.250. The van der Waals surface area contributed by atoms with Crippen LogP contribution >= 0.6 is 22.9 Å². The molecule has 0 aliphatic rings. The SMILES string of the molecule is COc1ccc(Cl)cc1NC(=O)COC(=O)CCc1cccs1. The van der Waals surface area contributed by atoms with Gasteiger partial charge in [0.2, 0.25) is 0 Å². The zero-order chi connectivity index (χ0) is 16.7. The van der Waals surface area contributed by atoms with Crippen LogP contribution in [-0.4, -0.2) is 25.6 Å². The summed E-state index contributed by atoms with van der Waals surface area (Å²) in [6.45, 7) is -0.348. The van der Waals surface area contributed by atoms with Crippen molar-refractivity contribution in [3.8, 4) is 5.75 Å². The van der Waals surface area contributed by atoms with E-state index >= 15 is 0 Å². The average molecular weight is 354 g/mol. The van der Waals surface area contributed by atoms with Crippen LogP contribution in [0, 0.1) is 0 Å². The third-order valence-electron chi connectivity index (χ3n) is 2.96. The predicted octanol–water partition coefficient (Wildman–Crippen LogP) is 3.52. The Labute approximate surface area is 143 Å². The molecule has 0 radical (unpaired) electrons. The number of nitrogens with one attached hydrogen (secondary N) is 1. The maximum absolute atomic E-state index is 11.8. The predicted molar refractivity (Wildman–Crippen MR) is 90.2 cm³/mol. The molecule has 1 amide bonds. The average Bonchev–Trinajstić information content (AvgIpc) is 3.04. The highest BCUT2D eigenvalue weighted by atomic mass is 35.5. The van der Waals surface area contributed by atoms with E-state index in [4.69, 9.17) is 21.1 Å². The molecule has 0 fully saturated rings. The van der Waals surface area contributed by atoms with Gasteiger partial charge in [0, 0.05) is 9.90 Å². The lowest BCUT2D eigenvalue weighted by Gasteiger charge is -2.10. The Balaban J connectivity index is 1.78. The topological polar surface area (TPSA) is 64.6 Å². The van der Waals surface area contributed by atoms with Crippen molar-refractivity contribution in [2.45, 2.75) is 12.8 Å². The van der Waals surface area contributed by atoms with Crippen LogP contribution < -0.4 is 10.1 Å². The molecule has 0 saturated heterocycles. The summed E-state index contributed by atoms with van der Waals surface area (Å²) in [5.74, 6) is -0.381. The zero-order valence-corrected chi connectivity index (χ0v) is 14.1. The molecule has 2 rings (SSSR count). The molecule has 122 valence electrons. The molecule has 0 saturated carbocycles. The number of hydrogen-bond acceptors (Lipinski definition) is 5. The zero-order valence-electron chi connectivity index (χ0n) is 12.5. The molecular formula is C16H16ClNO4S. The number of hydrogen-bond donors (Lipinski definition) is 1. The molecule has 1 N–H and O–H groups in total. The van der Waals surface area contributed by atoms with Gasteiger partial charge in [0.25, 0.3) is 5.91 Å². The summed E-state index contributed by atoms with van der Waals surface area (Å²) in [5.41, 5.74) is 0.430. The van der Waals surface area contributed by atoms with Gasteiger partial charge in [0.15, 0.2) is 6.61 Å². The molecule has 0 bridgehead atoms. The molecule has 0 spiro atoms. The van der Waals surface area contributed by atoms with E-state index in [-0.39, 0.29) is 13.0 Å². The van der Waals surface area contributed by atoms with Gasteiger partial charge in [-0.2, -0.15) is 0 Å². The highest BCUT2D eigenvalue weighted by molar-refractivity contribution is 7.09. The van der Waals surface area contributed by atoms with E-state index < -0.39 is 11.9 Å². The van der Waals surface area contributed by atoms with Gasteiger partial charge in [0.1, 0.15) is 5.75 Å². The Morgan fingerprint density at radius 2 is 2.13 bits per heavy atom. The van der Waals surface area contributed by atoms with Crippen molar-refractivity contribution in [2.75, 3.05) is 19.0 Å². The van der Waals surface area contributed by atoms with Gasteiger partial charge >= 0.3 is 5.97 Å². The minimum Gasteiger partial charge on any atom is -0.495 e. The van der Waals surface area contributed by atoms with Crippen LogP contribution in [0.15, 0.2) is 35.7 Å². The normalized spacial score (nSPS) is 10.2. The van der Waals surface area contributed by atoms with Crippen LogP contribution in [0.5, 0.6) is 5.75 Å². The number of thiophene rings is 1. The van der Waals surface area contributed by atoms with Crippen molar-refractivity contribution in [1.82, 2.24) is 0 Å². The van der Waals surface area contributed by atoms with E-state index in [1.54, 1.807) is 29.5 Å². The van der Waals surface area contributed by atoms with Crippen molar-refractivity contribution < 1.29 is 19.1 Å². The Kier molecular flexibility index (Phi) is 6.43. The number of halogens is 1. The number of benzene rings is 1. The first-order valence-electron chi connectivity index (χ1n) is 6.90. The number of carbonyl (C=O) groups excluding carboxylic acids is 2. The van der Waals surface area contributed by atoms with E-state index in [0.717, 1.165) is 4.88 Å². The molecule has 1 aromatic heterocycles. The molecule has 0 aliphatic carbocycles. The molecule has 1 aromatic carbocycles. The standard InChI is InChI=1S/C16H16ClNO4S/c1-21-14-6-4-11(17)9-13(14)18-15(19)10-22-16(20)7-5-12-3-2-8-23-12/h2-4,6,8-9H,5,7,10H2,1H3,(H,18,19). The smallest absolute Gasteiger partial charge is 0.306 e. The second-order valence-corrected chi connectivity index (χ2v) is 6.10. The minimum absolute atomic E-state index is 0.244. The first kappa shape index (κ1) is 17.3. The molecule has 7 heteroatoms. The minimum atomic E-state index is -0.449. The first-order chi connectivity index (χ1) is 11.1. The number of amides is 1. The van der Waals surface area contributed by atoms with E-state index in [1.165, 1.54) is 7.11 Å². The molecule has 0 unspecified atom stereocenters. The first-order valence-corrected chi connectivity index (χ1v) is 8.15. The lowest BCUT2D eigenvalue weighted by Crippen LogP contribution is -2.21. The fourth-order valence-electron chi connectivity index (χ4n) is 1.86. The van der Waals surface area contributed by atoms with Crippen LogP contribution in [0.2, 0.25) is 5.02 Å². The van der Waals surface area contributed by atoms with Crippen LogP contribution in [0.25, 0.3) is 0 Å². The van der Waals surface area contributed by atoms with Gasteiger partial charge in [-0.05, 0) is 36.1 Å². The van der Waals surface area contributed by atoms with Gasteiger partial charge in [-0.1, -0.05) is 17.7 Å². The molecule has 5 nitrogen and oxygen atoms in total. The van der Waals surface area contributed by atoms with Gasteiger partial charge in [-0.3, -0.25) is 9.59 Å². The van der Waals surface area contributed by atoms with E-state index in [9.17, 15) is 9.59 Å². The summed E-state index contributed by atoms with van der Waals surface area (Å²) in [6, 6.07) is 8.75. The second-order valence-electron chi connectivity index (χ2n) is 4.63. The molecule has 23 heavy (non-hydrogen) atoms. The number of aryl methyl sites for hydroxylation is 1. The van der Waals surface area contributed by atoms with Crippen molar-refractivity contribution >= 4 is 40.5 Å². The number of esters is 1. The summed E-state index contributed by atoms with van der Waals surface area (Å²) in [4.78, 5) is 24.6. The van der Waals surface area contributed by atoms with Crippen molar-refractivity contribution in [1.29, 1.82) is 0 Å². The lowest BCUT2D eigenvalue weighted by atomic mass is 10.3. The number of methoxy groups -OCH3 is 1. The number of anilines is 1. The quantitative estimate of drug-likeness (QED) is 0.773. The lowest BCUT2D eigenvalue weighted by molar-refractivity contribution is -0.147. The van der Waals surface area contributed by atoms with Crippen LogP contribution in [0.1, 0.15) is 11.3 Å². The Bertz CT molecular complexity index is 673. The number of rotatable bonds is 7. The Morgan fingerprint density at radius 3 is 2.83 bits per heavy atom. The summed E-state index contributed by atoms with van der Waals surface area (Å²) >= 11 is 7.47. The summed E-state index contributed by atoms with van der Waals surface area (Å²) in [6.07, 6.45) is 0.856. The second kappa shape index (κ2) is 8.55.